The van der Waals surface area contributed by atoms with Crippen LogP contribution in [0.5, 0.6) is 0 Å². The molecule has 10 aliphatic rings. The number of nitrogens with zero attached hydrogens (tertiary/aromatic N) is 30. The van der Waals surface area contributed by atoms with E-state index in [1.54, 1.807) is 50.3 Å². The average molecular weight is 2120 g/mol. The first-order valence-corrected chi connectivity index (χ1v) is 60.4. The minimum absolute atomic E-state index is 0.0764. The summed E-state index contributed by atoms with van der Waals surface area (Å²) in [6, 6.07) is 49.4. The number of hydrogen-bond acceptors (Lipinski definition) is 37. The number of fused-ring (bicyclic) bond motifs is 5. The summed E-state index contributed by atoms with van der Waals surface area (Å²) in [6.07, 6.45) is 19.5. The fourth-order valence-corrected chi connectivity index (χ4v) is 26.3. The van der Waals surface area contributed by atoms with E-state index in [0.29, 0.717) is 151 Å². The van der Waals surface area contributed by atoms with E-state index in [2.05, 4.69) is 121 Å². The van der Waals surface area contributed by atoms with E-state index >= 15 is 0 Å². The molecule has 784 valence electrons. The van der Waals surface area contributed by atoms with Crippen LogP contribution < -0.4 is 24.5 Å². The third kappa shape index (κ3) is 22.9. The van der Waals surface area contributed by atoms with Crippen molar-refractivity contribution in [3.05, 3.63) is 182 Å². The first-order chi connectivity index (χ1) is 71.9. The number of benzene rings is 5. The van der Waals surface area contributed by atoms with Crippen molar-refractivity contribution in [1.29, 1.82) is 0 Å². The molecule has 5 aromatic carbocycles. The molecule has 15 aromatic rings. The molecule has 10 aromatic heterocycles. The number of anilines is 5. The van der Waals surface area contributed by atoms with Crippen LogP contribution in [0.25, 0.3) is 84.9 Å². The molecule has 42 nitrogen and oxygen atoms in total. The number of aryl methyl sites for hydroxylation is 2. The van der Waals surface area contributed by atoms with E-state index < -0.39 is 48.6 Å². The standard InChI is InChI=1S/2C21H26N6O3S.3C20H24N6O2S/c2*1-14-11-29-9-8-26(14)20-10-19(25-31(3,28)16-12-30-13-16)23-21(24-20)27-15(2)22-17-6-4-5-7-18(17)27;3*1-14-12-28-10-9-25(14)19-11-18(24-29(2,27)15-7-8-15)22-20(23-19)26-13-21-16-5-3-4-6-17(16)26/h2*4-7,10,14,16H,8-9,11-13H2,1-3H3;3*3-6,11,13-15H,7-10,12H2,1-2H3/t14-,31?;14-,31-;14-,29?;14-,29+;14-,29-/m11111/s1. The summed E-state index contributed by atoms with van der Waals surface area (Å²) in [5, 5.41) is 0.349. The van der Waals surface area contributed by atoms with E-state index in [4.69, 9.17) is 68.0 Å². The second-order valence-electron chi connectivity index (χ2n) is 39.5. The molecule has 0 N–H and O–H groups in total. The monoisotopic (exact) mass is 2120 g/mol. The minimum Gasteiger partial charge on any atom is -0.379 e. The predicted molar refractivity (Wildman–Crippen MR) is 580 cm³/mol. The maximum atomic E-state index is 13.2. The van der Waals surface area contributed by atoms with Crippen LogP contribution in [0.1, 0.15) is 84.8 Å². The molecule has 3 aliphatic carbocycles. The molecule has 0 spiro atoms. The van der Waals surface area contributed by atoms with Gasteiger partial charge in [-0.1, -0.05) is 60.7 Å². The molecule has 0 amide bonds. The highest BCUT2D eigenvalue weighted by atomic mass is 32.2. The molecule has 149 heavy (non-hydrogen) atoms. The first kappa shape index (κ1) is 102. The molecular formula is C102H124N30O12S5. The van der Waals surface area contributed by atoms with Crippen molar-refractivity contribution in [2.75, 3.05) is 181 Å². The van der Waals surface area contributed by atoms with Crippen LogP contribution in [0.4, 0.5) is 58.2 Å². The third-order valence-corrected chi connectivity index (χ3v) is 38.8. The molecule has 17 heterocycles. The first-order valence-electron chi connectivity index (χ1n) is 50.4. The van der Waals surface area contributed by atoms with Gasteiger partial charge in [0.2, 0.25) is 29.7 Å². The lowest BCUT2D eigenvalue weighted by Gasteiger charge is -2.34. The summed E-state index contributed by atoms with van der Waals surface area (Å²) in [6.45, 7) is 26.3. The molecule has 47 heteroatoms. The van der Waals surface area contributed by atoms with Crippen molar-refractivity contribution >= 4 is 162 Å². The molecule has 10 atom stereocenters. The lowest BCUT2D eigenvalue weighted by Crippen LogP contribution is -2.44. The van der Waals surface area contributed by atoms with Crippen molar-refractivity contribution in [1.82, 2.24) is 97.6 Å². The van der Waals surface area contributed by atoms with Crippen molar-refractivity contribution in [3.63, 3.8) is 0 Å². The van der Waals surface area contributed by atoms with E-state index in [0.717, 1.165) is 167 Å². The van der Waals surface area contributed by atoms with Gasteiger partial charge in [-0.2, -0.15) is 71.7 Å². The predicted octanol–water partition coefficient (Wildman–Crippen LogP) is 13.8. The number of ether oxygens (including phenoxy) is 7. The average Bonchev–Trinajstić information content (AvgIpc) is 1.65. The zero-order chi connectivity index (χ0) is 103. The lowest BCUT2D eigenvalue weighted by atomic mass is 10.2. The van der Waals surface area contributed by atoms with Crippen molar-refractivity contribution in [3.8, 4) is 29.7 Å². The summed E-state index contributed by atoms with van der Waals surface area (Å²) in [7, 11) is -11.9. The van der Waals surface area contributed by atoms with Gasteiger partial charge in [0.05, 0.1) is 237 Å². The summed E-state index contributed by atoms with van der Waals surface area (Å²) in [4.78, 5) is 81.2. The summed E-state index contributed by atoms with van der Waals surface area (Å²) < 4.78 is 136. The highest BCUT2D eigenvalue weighted by Gasteiger charge is 2.38. The number of hydrogen-bond donors (Lipinski definition) is 0. The van der Waals surface area contributed by atoms with E-state index in [9.17, 15) is 21.0 Å². The van der Waals surface area contributed by atoms with E-state index in [-0.39, 0.29) is 56.5 Å². The largest absolute Gasteiger partial charge is 0.379 e. The summed E-state index contributed by atoms with van der Waals surface area (Å²) in [5.41, 5.74) is 8.97. The van der Waals surface area contributed by atoms with Gasteiger partial charge < -0.3 is 57.7 Å². The SMILES string of the molecule is C[C@@H]1COCCN1c1cc(N=S(C)(=O)C2CC2)nc(-n2cnc3ccccc32)n1.C[C@@H]1COCCN1c1cc(N=[S@@](C)(=O)C2CC2)nc(-n2cnc3ccccc32)n1.C[C@@H]1COCCN1c1cc(N=[S@](C)(=O)C2CC2)nc(-n2cnc3ccccc32)n1.Cc1nc2ccccc2n1-c1nc(N=S(C)(=O)C2COC2)cc(N2CCOC[C@H]2C)n1.Cc1nc2ccccc2n1-c1nc(N=[S@](C)(=O)C2COC2)cc(N2CCOC[C@H]2C)n1. The molecule has 25 rings (SSSR count). The minimum atomic E-state index is -2.48. The molecule has 2 unspecified atom stereocenters. The molecule has 7 aliphatic heterocycles. The fourth-order valence-electron chi connectivity index (χ4n) is 18.8. The van der Waals surface area contributed by atoms with Crippen molar-refractivity contribution in [2.45, 2.75) is 143 Å². The van der Waals surface area contributed by atoms with Crippen LogP contribution >= 0.6 is 0 Å². The van der Waals surface area contributed by atoms with Gasteiger partial charge in [0.15, 0.2) is 29.1 Å². The zero-order valence-corrected chi connectivity index (χ0v) is 89.6. The third-order valence-electron chi connectivity index (χ3n) is 27.9. The highest BCUT2D eigenvalue weighted by Crippen LogP contribution is 2.40. The normalized spacial score (nSPS) is 21.8. The summed E-state index contributed by atoms with van der Waals surface area (Å²) in [5.74, 6) is 9.98. The molecule has 10 fully saturated rings. The molecule has 0 bridgehead atoms. The topological polar surface area (TPSA) is 446 Å². The Hall–Kier alpha value is -12.7. The zero-order valence-electron chi connectivity index (χ0n) is 85.5. The van der Waals surface area contributed by atoms with Crippen LogP contribution in [0.2, 0.25) is 0 Å². The van der Waals surface area contributed by atoms with Gasteiger partial charge in [0.1, 0.15) is 59.7 Å². The Morgan fingerprint density at radius 2 is 0.483 bits per heavy atom. The van der Waals surface area contributed by atoms with Gasteiger partial charge in [-0.05, 0) is 148 Å². The van der Waals surface area contributed by atoms with Gasteiger partial charge in [0.25, 0.3) is 0 Å². The van der Waals surface area contributed by atoms with Gasteiger partial charge in [-0.3, -0.25) is 22.8 Å². The van der Waals surface area contributed by atoms with Gasteiger partial charge in [-0.15, -0.1) is 0 Å². The van der Waals surface area contributed by atoms with E-state index in [1.807, 2.05) is 188 Å². The van der Waals surface area contributed by atoms with Crippen LogP contribution in [-0.4, -0.2) is 332 Å². The van der Waals surface area contributed by atoms with E-state index in [1.165, 1.54) is 0 Å². The second kappa shape index (κ2) is 43.0. The maximum absolute atomic E-state index is 13.2. The number of aromatic nitrogens is 20. The Balaban J connectivity index is 0.000000109. The van der Waals surface area contributed by atoms with Crippen LogP contribution in [0.15, 0.2) is 192 Å². The Morgan fingerprint density at radius 1 is 0.262 bits per heavy atom. The van der Waals surface area contributed by atoms with Crippen molar-refractivity contribution < 1.29 is 54.2 Å². The van der Waals surface area contributed by atoms with Crippen molar-refractivity contribution in [2.24, 2.45) is 21.8 Å². The Labute approximate surface area is 866 Å². The van der Waals surface area contributed by atoms with Gasteiger partial charge in [0, 0.05) is 110 Å². The number of imidazole rings is 5. The Morgan fingerprint density at radius 3 is 0.718 bits per heavy atom. The molecular weight excluding hydrogens is 2000 g/mol. The number of para-hydroxylation sites is 10. The molecule has 3 saturated carbocycles. The van der Waals surface area contributed by atoms with Gasteiger partial charge in [-0.25, -0.2) is 46.0 Å². The summed E-state index contributed by atoms with van der Waals surface area (Å²) >= 11 is 0. The second-order valence-corrected chi connectivity index (χ2v) is 52.3. The smallest absolute Gasteiger partial charge is 0.239 e. The Bertz CT molecular complexity index is 7580. The highest BCUT2D eigenvalue weighted by molar-refractivity contribution is 7.95. The van der Waals surface area contributed by atoms with Crippen LogP contribution in [0.3, 0.4) is 0 Å². The maximum Gasteiger partial charge on any atom is 0.239 e. The molecule has 7 saturated heterocycles. The molecule has 0 radical (unpaired) electrons. The quantitative estimate of drug-likeness (QED) is 0.0684. The Kier molecular flexibility index (Phi) is 29.5. The van der Waals surface area contributed by atoms with Gasteiger partial charge >= 0.3 is 0 Å². The fraction of sp³-hybridized carbons (Fsp3) is 0.461. The number of morpholine rings is 5. The van der Waals surface area contributed by atoms with Crippen LogP contribution in [-0.2, 0) is 81.8 Å². The van der Waals surface area contributed by atoms with Crippen LogP contribution in [0, 0.1) is 13.8 Å². The number of rotatable bonds is 20. The lowest BCUT2D eigenvalue weighted by molar-refractivity contribution is 0.0430.